The molecule has 10 nitrogen and oxygen atoms in total. The van der Waals surface area contributed by atoms with Gasteiger partial charge in [0.1, 0.15) is 22.1 Å². The summed E-state index contributed by atoms with van der Waals surface area (Å²) in [6, 6.07) is 22.4. The maximum absolute atomic E-state index is 13.4. The molecular weight excluding hydrogens is 546 g/mol. The number of hydrogen-bond donors (Lipinski definition) is 2. The standard InChI is InChI=1S/C30H23N3O7S/c1-37-21-9-5-19(6-10-21)31-26-27(30(36)33(29(26)35)16-22-3-2-14-38-22)41-23-11-7-20(8-12-23)32-28(34)18-4-13-24-25(15-18)40-17-39-24/h2-15,31H,16-17H2,1H3,(H,32,34). The van der Waals surface area contributed by atoms with Gasteiger partial charge in [-0.3, -0.25) is 19.3 Å². The summed E-state index contributed by atoms with van der Waals surface area (Å²) in [5.74, 6) is 1.07. The van der Waals surface area contributed by atoms with Crippen molar-refractivity contribution in [2.75, 3.05) is 24.5 Å². The number of thioether (sulfide) groups is 1. The number of anilines is 2. The smallest absolute Gasteiger partial charge is 0.278 e. The van der Waals surface area contributed by atoms with Crippen LogP contribution in [0.25, 0.3) is 0 Å². The second-order valence-corrected chi connectivity index (χ2v) is 10.1. The van der Waals surface area contributed by atoms with Crippen molar-refractivity contribution in [2.45, 2.75) is 11.4 Å². The lowest BCUT2D eigenvalue weighted by Gasteiger charge is -2.13. The lowest BCUT2D eigenvalue weighted by Crippen LogP contribution is -2.31. The number of methoxy groups -OCH3 is 1. The van der Waals surface area contributed by atoms with Gasteiger partial charge in [-0.1, -0.05) is 11.8 Å². The number of fused-ring (bicyclic) bond motifs is 1. The normalized spacial score (nSPS) is 14.0. The van der Waals surface area contributed by atoms with Gasteiger partial charge in [0.2, 0.25) is 6.79 Å². The Hall–Kier alpha value is -5.16. The molecule has 0 radical (unpaired) electrons. The molecule has 0 fully saturated rings. The molecule has 206 valence electrons. The van der Waals surface area contributed by atoms with E-state index in [0.29, 0.717) is 44.8 Å². The van der Waals surface area contributed by atoms with E-state index >= 15 is 0 Å². The number of carbonyl (C=O) groups excluding carboxylic acids is 3. The van der Waals surface area contributed by atoms with E-state index in [-0.39, 0.29) is 29.8 Å². The van der Waals surface area contributed by atoms with E-state index in [1.807, 2.05) is 0 Å². The van der Waals surface area contributed by atoms with Gasteiger partial charge in [-0.05, 0) is 78.9 Å². The van der Waals surface area contributed by atoms with Crippen molar-refractivity contribution in [1.29, 1.82) is 0 Å². The fourth-order valence-corrected chi connectivity index (χ4v) is 5.19. The highest BCUT2D eigenvalue weighted by atomic mass is 32.2. The summed E-state index contributed by atoms with van der Waals surface area (Å²) in [7, 11) is 1.57. The molecule has 1 aromatic heterocycles. The third-order valence-corrected chi connectivity index (χ3v) is 7.44. The fraction of sp³-hybridized carbons (Fsp3) is 0.100. The molecule has 3 amide bonds. The van der Waals surface area contributed by atoms with E-state index < -0.39 is 11.8 Å². The molecule has 2 aliphatic rings. The molecule has 6 rings (SSSR count). The fourth-order valence-electron chi connectivity index (χ4n) is 4.24. The van der Waals surface area contributed by atoms with Crippen molar-refractivity contribution in [2.24, 2.45) is 0 Å². The number of ether oxygens (including phenoxy) is 3. The first-order chi connectivity index (χ1) is 20.0. The summed E-state index contributed by atoms with van der Waals surface area (Å²) < 4.78 is 21.2. The first-order valence-electron chi connectivity index (χ1n) is 12.5. The molecule has 4 aromatic rings. The van der Waals surface area contributed by atoms with E-state index in [9.17, 15) is 14.4 Å². The molecule has 41 heavy (non-hydrogen) atoms. The minimum absolute atomic E-state index is 0.00729. The van der Waals surface area contributed by atoms with Gasteiger partial charge in [0.15, 0.2) is 11.5 Å². The number of benzene rings is 3. The lowest BCUT2D eigenvalue weighted by molar-refractivity contribution is -0.138. The summed E-state index contributed by atoms with van der Waals surface area (Å²) in [6.45, 7) is 0.134. The minimum Gasteiger partial charge on any atom is -0.497 e. The van der Waals surface area contributed by atoms with E-state index in [1.54, 1.807) is 86.0 Å². The van der Waals surface area contributed by atoms with Crippen LogP contribution in [-0.2, 0) is 16.1 Å². The summed E-state index contributed by atoms with van der Waals surface area (Å²) in [5.41, 5.74) is 1.79. The molecule has 0 spiro atoms. The van der Waals surface area contributed by atoms with Crippen molar-refractivity contribution < 1.29 is 33.0 Å². The largest absolute Gasteiger partial charge is 0.497 e. The van der Waals surface area contributed by atoms with Gasteiger partial charge in [0.25, 0.3) is 17.7 Å². The molecule has 0 aliphatic carbocycles. The second-order valence-electron chi connectivity index (χ2n) is 8.98. The Balaban J connectivity index is 1.21. The summed E-state index contributed by atoms with van der Waals surface area (Å²) >= 11 is 1.16. The quantitative estimate of drug-likeness (QED) is 0.260. The van der Waals surface area contributed by atoms with Crippen LogP contribution in [0.15, 0.2) is 105 Å². The molecule has 2 N–H and O–H groups in total. The summed E-state index contributed by atoms with van der Waals surface area (Å²) in [4.78, 5) is 41.7. The molecule has 0 bridgehead atoms. The predicted octanol–water partition coefficient (Wildman–Crippen LogP) is 5.25. The van der Waals surface area contributed by atoms with Crippen LogP contribution in [0.5, 0.6) is 17.2 Å². The highest BCUT2D eigenvalue weighted by molar-refractivity contribution is 8.04. The Morgan fingerprint density at radius 2 is 1.68 bits per heavy atom. The molecule has 3 heterocycles. The zero-order valence-corrected chi connectivity index (χ0v) is 22.5. The van der Waals surface area contributed by atoms with Gasteiger partial charge < -0.3 is 29.3 Å². The first kappa shape index (κ1) is 26.1. The Morgan fingerprint density at radius 3 is 2.41 bits per heavy atom. The minimum atomic E-state index is -0.461. The van der Waals surface area contributed by atoms with Gasteiger partial charge in [0, 0.05) is 21.8 Å². The van der Waals surface area contributed by atoms with Crippen LogP contribution in [0.2, 0.25) is 0 Å². The number of nitrogens with zero attached hydrogens (tertiary/aromatic N) is 1. The molecule has 0 atom stereocenters. The number of furan rings is 1. The Labute approximate surface area is 238 Å². The molecule has 0 unspecified atom stereocenters. The highest BCUT2D eigenvalue weighted by Crippen LogP contribution is 2.37. The zero-order chi connectivity index (χ0) is 28.3. The topological polar surface area (TPSA) is 119 Å². The van der Waals surface area contributed by atoms with Gasteiger partial charge >= 0.3 is 0 Å². The number of carbonyl (C=O) groups is 3. The monoisotopic (exact) mass is 569 g/mol. The number of rotatable bonds is 9. The lowest BCUT2D eigenvalue weighted by atomic mass is 10.2. The third-order valence-electron chi connectivity index (χ3n) is 6.35. The Kier molecular flexibility index (Phi) is 7.09. The SMILES string of the molecule is COc1ccc(NC2=C(Sc3ccc(NC(=O)c4ccc5c(c4)OCO5)cc3)C(=O)N(Cc3ccco3)C2=O)cc1. The average Bonchev–Trinajstić information content (AvgIpc) is 3.73. The van der Waals surface area contributed by atoms with Crippen molar-refractivity contribution in [3.63, 3.8) is 0 Å². The van der Waals surface area contributed by atoms with Gasteiger partial charge in [0.05, 0.1) is 19.9 Å². The number of imide groups is 1. The van der Waals surface area contributed by atoms with Crippen LogP contribution < -0.4 is 24.8 Å². The van der Waals surface area contributed by atoms with Crippen LogP contribution in [0.4, 0.5) is 11.4 Å². The van der Waals surface area contributed by atoms with Crippen LogP contribution in [0, 0.1) is 0 Å². The van der Waals surface area contributed by atoms with Gasteiger partial charge in [-0.25, -0.2) is 0 Å². The average molecular weight is 570 g/mol. The van der Waals surface area contributed by atoms with Gasteiger partial charge in [-0.2, -0.15) is 0 Å². The molecule has 0 saturated carbocycles. The van der Waals surface area contributed by atoms with Crippen LogP contribution >= 0.6 is 11.8 Å². The van der Waals surface area contributed by atoms with Crippen LogP contribution in [0.1, 0.15) is 16.1 Å². The highest BCUT2D eigenvalue weighted by Gasteiger charge is 2.39. The van der Waals surface area contributed by atoms with E-state index in [2.05, 4.69) is 10.6 Å². The van der Waals surface area contributed by atoms with Crippen molar-refractivity contribution in [1.82, 2.24) is 4.90 Å². The van der Waals surface area contributed by atoms with Crippen molar-refractivity contribution in [3.8, 4) is 17.2 Å². The number of hydrogen-bond acceptors (Lipinski definition) is 9. The number of amides is 3. The molecule has 3 aromatic carbocycles. The maximum atomic E-state index is 13.4. The summed E-state index contributed by atoms with van der Waals surface area (Å²) in [5, 5.41) is 5.96. The Bertz CT molecular complexity index is 1650. The molecule has 11 heteroatoms. The second kappa shape index (κ2) is 11.1. The van der Waals surface area contributed by atoms with Crippen LogP contribution in [-0.4, -0.2) is 36.5 Å². The zero-order valence-electron chi connectivity index (χ0n) is 21.7. The van der Waals surface area contributed by atoms with Crippen molar-refractivity contribution in [3.05, 3.63) is 107 Å². The maximum Gasteiger partial charge on any atom is 0.278 e. The van der Waals surface area contributed by atoms with E-state index in [1.165, 1.54) is 6.26 Å². The molecule has 2 aliphatic heterocycles. The third kappa shape index (κ3) is 5.48. The van der Waals surface area contributed by atoms with E-state index in [4.69, 9.17) is 18.6 Å². The Morgan fingerprint density at radius 1 is 0.927 bits per heavy atom. The van der Waals surface area contributed by atoms with Gasteiger partial charge in [-0.15, -0.1) is 0 Å². The van der Waals surface area contributed by atoms with E-state index in [0.717, 1.165) is 16.7 Å². The molecule has 0 saturated heterocycles. The van der Waals surface area contributed by atoms with Crippen molar-refractivity contribution >= 4 is 40.9 Å². The molecular formula is C30H23N3O7S. The predicted molar refractivity (Wildman–Crippen MR) is 151 cm³/mol. The first-order valence-corrected chi connectivity index (χ1v) is 13.3. The number of nitrogens with one attached hydrogen (secondary N) is 2. The summed E-state index contributed by atoms with van der Waals surface area (Å²) in [6.07, 6.45) is 1.49. The van der Waals surface area contributed by atoms with Crippen LogP contribution in [0.3, 0.4) is 0 Å².